The summed E-state index contributed by atoms with van der Waals surface area (Å²) in [5.41, 5.74) is 1.35. The van der Waals surface area contributed by atoms with Crippen molar-refractivity contribution < 1.29 is 50.9 Å². The fourth-order valence-corrected chi connectivity index (χ4v) is 3.72. The summed E-state index contributed by atoms with van der Waals surface area (Å²) >= 11 is 1.74. The van der Waals surface area contributed by atoms with E-state index in [1.807, 2.05) is 12.3 Å². The summed E-state index contributed by atoms with van der Waals surface area (Å²) in [6, 6.07) is 4.87. The van der Waals surface area contributed by atoms with Gasteiger partial charge in [-0.05, 0) is 47.7 Å². The number of ether oxygens (including phenoxy) is 1. The number of nitrogens with zero attached hydrogens (tertiary/aromatic N) is 3. The number of anilines is 1. The number of aliphatic carboxylic acids is 2. The van der Waals surface area contributed by atoms with Crippen molar-refractivity contribution >= 4 is 29.1 Å². The van der Waals surface area contributed by atoms with Crippen LogP contribution in [0.1, 0.15) is 36.7 Å². The molecule has 37 heavy (non-hydrogen) atoms. The fourth-order valence-electron chi connectivity index (χ4n) is 3.06. The van der Waals surface area contributed by atoms with E-state index in [1.54, 1.807) is 11.3 Å². The molecule has 206 valence electrons. The molecule has 2 aromatic rings. The van der Waals surface area contributed by atoms with Gasteiger partial charge < -0.3 is 20.3 Å². The first-order valence-electron chi connectivity index (χ1n) is 10.8. The average molecular weight is 559 g/mol. The summed E-state index contributed by atoms with van der Waals surface area (Å²) in [7, 11) is 0. The van der Waals surface area contributed by atoms with Gasteiger partial charge in [0.15, 0.2) is 0 Å². The highest BCUT2D eigenvalue weighted by atomic mass is 32.1. The molecule has 0 aromatic carbocycles. The lowest BCUT2D eigenvalue weighted by atomic mass is 9.93. The summed E-state index contributed by atoms with van der Waals surface area (Å²) in [4.78, 5) is 29.5. The Balaban J connectivity index is 0.000000286. The van der Waals surface area contributed by atoms with Crippen molar-refractivity contribution in [1.29, 1.82) is 0 Å². The minimum absolute atomic E-state index is 0.131. The smallest absolute Gasteiger partial charge is 0.475 e. The molecule has 2 fully saturated rings. The Hall–Kier alpha value is -2.98. The number of halogens is 6. The summed E-state index contributed by atoms with van der Waals surface area (Å²) in [5.74, 6) is -3.70. The summed E-state index contributed by atoms with van der Waals surface area (Å²) in [6.45, 7) is 3.29. The standard InChI is InChI=1S/C17H22N4OS.2C2HF3O2/c1-2-14(3-1)19-16-4-6-18-17(20-16)15-11-22-8-7-21(15)10-13-5-9-23-12-13;2*3-2(4,5)1(6)7/h4-6,9,12,14-15H,1-3,7-8,10-11H2,(H,18,19,20);2*(H,6,7). The third-order valence-electron chi connectivity index (χ3n) is 5.12. The largest absolute Gasteiger partial charge is 0.490 e. The first-order chi connectivity index (χ1) is 17.3. The van der Waals surface area contributed by atoms with Gasteiger partial charge in [0.1, 0.15) is 11.6 Å². The van der Waals surface area contributed by atoms with Crippen LogP contribution in [0.3, 0.4) is 0 Å². The van der Waals surface area contributed by atoms with E-state index in [1.165, 1.54) is 24.8 Å². The molecule has 1 saturated heterocycles. The fraction of sp³-hybridized carbons (Fsp3) is 0.524. The van der Waals surface area contributed by atoms with Crippen LogP contribution in [-0.4, -0.2) is 75.2 Å². The van der Waals surface area contributed by atoms with Crippen LogP contribution in [0.2, 0.25) is 0 Å². The van der Waals surface area contributed by atoms with Crippen molar-refractivity contribution in [2.75, 3.05) is 25.1 Å². The first-order valence-corrected chi connectivity index (χ1v) is 11.7. The quantitative estimate of drug-likeness (QED) is 0.460. The number of morpholine rings is 1. The van der Waals surface area contributed by atoms with Crippen molar-refractivity contribution in [3.63, 3.8) is 0 Å². The topological polar surface area (TPSA) is 125 Å². The summed E-state index contributed by atoms with van der Waals surface area (Å²) < 4.78 is 69.2. The minimum Gasteiger partial charge on any atom is -0.475 e. The molecule has 16 heteroatoms. The van der Waals surface area contributed by atoms with Gasteiger partial charge >= 0.3 is 24.3 Å². The predicted octanol–water partition coefficient (Wildman–Crippen LogP) is 4.34. The van der Waals surface area contributed by atoms with E-state index >= 15 is 0 Å². The molecule has 1 unspecified atom stereocenters. The summed E-state index contributed by atoms with van der Waals surface area (Å²) in [5, 5.41) is 22.1. The number of hydrogen-bond acceptors (Lipinski definition) is 8. The van der Waals surface area contributed by atoms with Gasteiger partial charge in [0.05, 0.1) is 19.3 Å². The van der Waals surface area contributed by atoms with Gasteiger partial charge in [-0.25, -0.2) is 19.6 Å². The Morgan fingerprint density at radius 1 is 1.11 bits per heavy atom. The monoisotopic (exact) mass is 558 g/mol. The van der Waals surface area contributed by atoms with E-state index in [0.29, 0.717) is 12.6 Å². The lowest BCUT2D eigenvalue weighted by Crippen LogP contribution is -2.40. The Morgan fingerprint density at radius 3 is 2.22 bits per heavy atom. The number of alkyl halides is 6. The second-order valence-electron chi connectivity index (χ2n) is 7.87. The highest BCUT2D eigenvalue weighted by molar-refractivity contribution is 7.07. The van der Waals surface area contributed by atoms with Crippen LogP contribution < -0.4 is 5.32 Å². The maximum atomic E-state index is 10.6. The molecule has 1 aliphatic heterocycles. The number of thiophene rings is 1. The normalized spacial score (nSPS) is 18.4. The van der Waals surface area contributed by atoms with E-state index in [0.717, 1.165) is 31.3 Å². The molecule has 2 aliphatic rings. The van der Waals surface area contributed by atoms with Gasteiger partial charge in [-0.2, -0.15) is 37.7 Å². The molecule has 1 aliphatic carbocycles. The van der Waals surface area contributed by atoms with Crippen LogP contribution in [0.15, 0.2) is 29.1 Å². The van der Waals surface area contributed by atoms with Crippen LogP contribution in [0.25, 0.3) is 0 Å². The third kappa shape index (κ3) is 10.5. The van der Waals surface area contributed by atoms with Crippen LogP contribution in [0.5, 0.6) is 0 Å². The maximum absolute atomic E-state index is 10.6. The number of hydrogen-bond donors (Lipinski definition) is 3. The Bertz CT molecular complexity index is 978. The number of carboxylic acids is 2. The second kappa shape index (κ2) is 13.5. The Morgan fingerprint density at radius 2 is 1.73 bits per heavy atom. The van der Waals surface area contributed by atoms with Crippen molar-refractivity contribution in [2.24, 2.45) is 0 Å². The van der Waals surface area contributed by atoms with Crippen molar-refractivity contribution in [1.82, 2.24) is 14.9 Å². The first kappa shape index (κ1) is 30.2. The number of carboxylic acid groups (broad SMARTS) is 2. The highest BCUT2D eigenvalue weighted by Crippen LogP contribution is 2.26. The van der Waals surface area contributed by atoms with Gasteiger partial charge in [-0.15, -0.1) is 0 Å². The van der Waals surface area contributed by atoms with Gasteiger partial charge in [0.25, 0.3) is 0 Å². The summed E-state index contributed by atoms with van der Waals surface area (Å²) in [6.07, 6.45) is -4.49. The lowest BCUT2D eigenvalue weighted by Gasteiger charge is -2.34. The van der Waals surface area contributed by atoms with Crippen molar-refractivity contribution in [2.45, 2.75) is 50.2 Å². The van der Waals surface area contributed by atoms with E-state index in [4.69, 9.17) is 29.5 Å². The van der Waals surface area contributed by atoms with E-state index in [-0.39, 0.29) is 6.04 Å². The predicted molar refractivity (Wildman–Crippen MR) is 119 cm³/mol. The molecule has 2 aromatic heterocycles. The van der Waals surface area contributed by atoms with Crippen molar-refractivity contribution in [3.05, 3.63) is 40.5 Å². The van der Waals surface area contributed by atoms with Gasteiger partial charge in [0.2, 0.25) is 0 Å². The molecule has 3 heterocycles. The molecule has 1 saturated carbocycles. The van der Waals surface area contributed by atoms with Crippen LogP contribution in [-0.2, 0) is 20.9 Å². The second-order valence-corrected chi connectivity index (χ2v) is 8.65. The zero-order chi connectivity index (χ0) is 27.6. The highest BCUT2D eigenvalue weighted by Gasteiger charge is 2.39. The SMILES string of the molecule is O=C(O)C(F)(F)F.O=C(O)C(F)(F)F.c1cc(NC2CCC2)nc(C2COCCN2Cc2ccsc2)n1. The lowest BCUT2D eigenvalue weighted by molar-refractivity contribution is -0.193. The molecular weight excluding hydrogens is 534 g/mol. The third-order valence-corrected chi connectivity index (χ3v) is 5.85. The molecular formula is C21H24F6N4O5S. The van der Waals surface area contributed by atoms with Crippen molar-refractivity contribution in [3.8, 4) is 0 Å². The average Bonchev–Trinajstić information content (AvgIpc) is 3.30. The molecule has 0 spiro atoms. The maximum Gasteiger partial charge on any atom is 0.490 e. The van der Waals surface area contributed by atoms with E-state index in [2.05, 4.69) is 32.0 Å². The van der Waals surface area contributed by atoms with Crippen LogP contribution in [0, 0.1) is 0 Å². The zero-order valence-electron chi connectivity index (χ0n) is 19.1. The number of carbonyl (C=O) groups is 2. The molecule has 9 nitrogen and oxygen atoms in total. The number of aromatic nitrogens is 2. The van der Waals surface area contributed by atoms with Gasteiger partial charge in [-0.1, -0.05) is 0 Å². The zero-order valence-corrected chi connectivity index (χ0v) is 19.9. The van der Waals surface area contributed by atoms with Crippen LogP contribution >= 0.6 is 11.3 Å². The molecule has 1 atom stereocenters. The van der Waals surface area contributed by atoms with E-state index in [9.17, 15) is 26.3 Å². The van der Waals surface area contributed by atoms with E-state index < -0.39 is 24.3 Å². The molecule has 0 radical (unpaired) electrons. The molecule has 4 rings (SSSR count). The number of rotatable bonds is 5. The molecule has 0 bridgehead atoms. The molecule has 3 N–H and O–H groups in total. The Labute approximate surface area is 211 Å². The van der Waals surface area contributed by atoms with Gasteiger partial charge in [-0.3, -0.25) is 4.90 Å². The van der Waals surface area contributed by atoms with Crippen LogP contribution in [0.4, 0.5) is 32.2 Å². The van der Waals surface area contributed by atoms with Gasteiger partial charge in [0, 0.05) is 25.3 Å². The number of nitrogens with one attached hydrogen (secondary N) is 1. The Kier molecular flexibility index (Phi) is 11.1. The molecule has 0 amide bonds. The minimum atomic E-state index is -5.08.